The summed E-state index contributed by atoms with van der Waals surface area (Å²) < 4.78 is 1.65. The van der Waals surface area contributed by atoms with Crippen molar-refractivity contribution in [2.75, 3.05) is 6.54 Å². The summed E-state index contributed by atoms with van der Waals surface area (Å²) >= 11 is 0. The Bertz CT molecular complexity index is 722. The minimum atomic E-state index is -1.41. The molecule has 1 unspecified atom stereocenters. The Morgan fingerprint density at radius 1 is 1.39 bits per heavy atom. The molecule has 10 nitrogen and oxygen atoms in total. The van der Waals surface area contributed by atoms with Gasteiger partial charge < -0.3 is 26.6 Å². The Balaban J connectivity index is 1.70. The molecule has 156 valence electrons. The van der Waals surface area contributed by atoms with E-state index in [1.807, 2.05) is 0 Å². The molecule has 1 aliphatic heterocycles. The number of carbonyl (C=O) groups excluding carboxylic acids is 2. The highest BCUT2D eigenvalue weighted by molar-refractivity contribution is 5.86. The summed E-state index contributed by atoms with van der Waals surface area (Å²) in [6.07, 6.45) is 4.24. The van der Waals surface area contributed by atoms with E-state index in [1.54, 1.807) is 18.5 Å². The molecule has 6 N–H and O–H groups in total. The van der Waals surface area contributed by atoms with Crippen LogP contribution in [-0.4, -0.2) is 61.3 Å². The van der Waals surface area contributed by atoms with Gasteiger partial charge in [-0.2, -0.15) is 0 Å². The number of aliphatic hydroxyl groups is 2. The van der Waals surface area contributed by atoms with Gasteiger partial charge in [-0.15, -0.1) is 5.10 Å². The van der Waals surface area contributed by atoms with Gasteiger partial charge >= 0.3 is 0 Å². The van der Waals surface area contributed by atoms with Crippen LogP contribution in [0.4, 0.5) is 0 Å². The van der Waals surface area contributed by atoms with Gasteiger partial charge in [0.2, 0.25) is 11.8 Å². The molecule has 2 amide bonds. The third kappa shape index (κ3) is 4.03. The second-order valence-corrected chi connectivity index (χ2v) is 8.48. The van der Waals surface area contributed by atoms with E-state index >= 15 is 0 Å². The number of carbonyl (C=O) groups is 2. The van der Waals surface area contributed by atoms with Crippen molar-refractivity contribution in [1.29, 1.82) is 0 Å². The molecule has 0 radical (unpaired) electrons. The van der Waals surface area contributed by atoms with Crippen LogP contribution in [0.1, 0.15) is 64.1 Å². The number of aromatic nitrogens is 3. The summed E-state index contributed by atoms with van der Waals surface area (Å²) in [5.74, 6) is -1.09. The fourth-order valence-electron chi connectivity index (χ4n) is 4.31. The topological polar surface area (TPSA) is 155 Å². The Kier molecular flexibility index (Phi) is 5.74. The van der Waals surface area contributed by atoms with Gasteiger partial charge in [-0.05, 0) is 33.1 Å². The normalized spacial score (nSPS) is 26.0. The molecule has 10 heteroatoms. The number of nitrogens with two attached hydrogens (primary N) is 1. The zero-order chi connectivity index (χ0) is 20.5. The van der Waals surface area contributed by atoms with Crippen molar-refractivity contribution in [1.82, 2.24) is 25.6 Å². The lowest BCUT2D eigenvalue weighted by atomic mass is 9.77. The molecule has 2 aliphatic rings. The number of hydrogen-bond donors (Lipinski definition) is 5. The molecule has 2 heterocycles. The predicted molar refractivity (Wildman–Crippen MR) is 99.9 cm³/mol. The summed E-state index contributed by atoms with van der Waals surface area (Å²) in [4.78, 5) is 24.5. The van der Waals surface area contributed by atoms with Crippen molar-refractivity contribution in [2.24, 2.45) is 5.73 Å². The summed E-state index contributed by atoms with van der Waals surface area (Å²) in [5, 5.41) is 34.7. The summed E-state index contributed by atoms with van der Waals surface area (Å²) in [7, 11) is 0. The minimum absolute atomic E-state index is 0.136. The lowest BCUT2D eigenvalue weighted by Gasteiger charge is -2.41. The van der Waals surface area contributed by atoms with Crippen LogP contribution in [0.2, 0.25) is 0 Å². The third-order valence-electron chi connectivity index (χ3n) is 5.88. The van der Waals surface area contributed by atoms with Gasteiger partial charge in [0.25, 0.3) is 0 Å². The summed E-state index contributed by atoms with van der Waals surface area (Å²) in [5.41, 5.74) is 3.80. The zero-order valence-electron chi connectivity index (χ0n) is 16.4. The smallest absolute Gasteiger partial charge is 0.248 e. The molecule has 3 rings (SSSR count). The minimum Gasteiger partial charge on any atom is -0.384 e. The first-order chi connectivity index (χ1) is 13.1. The van der Waals surface area contributed by atoms with Crippen molar-refractivity contribution in [2.45, 2.75) is 81.7 Å². The number of hydrogen-bond acceptors (Lipinski definition) is 7. The number of nitrogens with zero attached hydrogens (tertiary/aromatic N) is 3. The molecule has 1 aromatic rings. The van der Waals surface area contributed by atoms with Gasteiger partial charge in [-0.3, -0.25) is 9.59 Å². The molecule has 1 aromatic heterocycles. The Hall–Kier alpha value is -2.04. The van der Waals surface area contributed by atoms with E-state index < -0.39 is 29.2 Å². The average molecular weight is 394 g/mol. The summed E-state index contributed by atoms with van der Waals surface area (Å²) in [6.45, 7) is 3.82. The van der Waals surface area contributed by atoms with Crippen LogP contribution in [-0.2, 0) is 15.2 Å². The first-order valence-corrected chi connectivity index (χ1v) is 9.80. The van der Waals surface area contributed by atoms with Crippen molar-refractivity contribution in [3.8, 4) is 0 Å². The van der Waals surface area contributed by atoms with Crippen LogP contribution in [0.5, 0.6) is 0 Å². The van der Waals surface area contributed by atoms with Crippen LogP contribution in [0.15, 0.2) is 6.20 Å². The molecular formula is C18H30N6O4. The number of primary amides is 1. The van der Waals surface area contributed by atoms with E-state index in [1.165, 1.54) is 6.20 Å². The first kappa shape index (κ1) is 20.7. The molecule has 1 saturated heterocycles. The molecule has 0 bridgehead atoms. The van der Waals surface area contributed by atoms with Crippen LogP contribution in [0, 0.1) is 0 Å². The van der Waals surface area contributed by atoms with Crippen molar-refractivity contribution in [3.63, 3.8) is 0 Å². The molecule has 0 spiro atoms. The molecule has 0 aromatic carbocycles. The van der Waals surface area contributed by atoms with Crippen LogP contribution in [0.3, 0.4) is 0 Å². The number of amides is 2. The van der Waals surface area contributed by atoms with Crippen LogP contribution < -0.4 is 16.4 Å². The quantitative estimate of drug-likeness (QED) is 0.417. The van der Waals surface area contributed by atoms with Crippen molar-refractivity contribution in [3.05, 3.63) is 11.9 Å². The van der Waals surface area contributed by atoms with Gasteiger partial charge in [-0.1, -0.05) is 24.5 Å². The highest BCUT2D eigenvalue weighted by Crippen LogP contribution is 2.32. The number of aliphatic hydroxyl groups excluding tert-OH is 1. The maximum absolute atomic E-state index is 12.9. The van der Waals surface area contributed by atoms with E-state index in [2.05, 4.69) is 20.9 Å². The molecule has 3 atom stereocenters. The van der Waals surface area contributed by atoms with Crippen molar-refractivity contribution < 1.29 is 19.8 Å². The standard InChI is InChI=1S/C18H30N6O4/c1-17(2,28)13-10-21-23-24(13)11-8-12(20-9-11)16(27)22-18(14(25)15(19)26)6-4-3-5-7-18/h10-12,14,20,25,28H,3-9H2,1-2H3,(H2,19,26)(H,22,27)/t11-,12-,14?/m0/s1. The first-order valence-electron chi connectivity index (χ1n) is 9.80. The largest absolute Gasteiger partial charge is 0.384 e. The molecule has 1 aliphatic carbocycles. The SMILES string of the molecule is CC(C)(O)c1cnnn1[C@@H]1CN[C@H](C(=O)NC2(C(O)C(N)=O)CCCCC2)C1. The highest BCUT2D eigenvalue weighted by atomic mass is 16.3. The molecule has 2 fully saturated rings. The predicted octanol–water partition coefficient (Wildman–Crippen LogP) is -0.926. The average Bonchev–Trinajstić information content (AvgIpc) is 3.30. The Labute approximate surface area is 163 Å². The monoisotopic (exact) mass is 394 g/mol. The summed E-state index contributed by atoms with van der Waals surface area (Å²) in [6, 6.07) is -0.634. The third-order valence-corrected chi connectivity index (χ3v) is 5.88. The maximum Gasteiger partial charge on any atom is 0.248 e. The van der Waals surface area contributed by atoms with E-state index in [-0.39, 0.29) is 11.9 Å². The van der Waals surface area contributed by atoms with Gasteiger partial charge in [0.05, 0.1) is 29.5 Å². The van der Waals surface area contributed by atoms with Gasteiger partial charge in [-0.25, -0.2) is 4.68 Å². The lowest BCUT2D eigenvalue weighted by Crippen LogP contribution is -2.63. The van der Waals surface area contributed by atoms with Crippen LogP contribution >= 0.6 is 0 Å². The molecular weight excluding hydrogens is 364 g/mol. The fourth-order valence-corrected chi connectivity index (χ4v) is 4.31. The second kappa shape index (κ2) is 7.76. The fraction of sp³-hybridized carbons (Fsp3) is 0.778. The molecule has 1 saturated carbocycles. The van der Waals surface area contributed by atoms with Crippen molar-refractivity contribution >= 4 is 11.8 Å². The lowest BCUT2D eigenvalue weighted by molar-refractivity contribution is -0.135. The Morgan fingerprint density at radius 3 is 2.68 bits per heavy atom. The number of nitrogens with one attached hydrogen (secondary N) is 2. The maximum atomic E-state index is 12.9. The van der Waals surface area contributed by atoms with Crippen LogP contribution in [0.25, 0.3) is 0 Å². The van der Waals surface area contributed by atoms with Gasteiger partial charge in [0, 0.05) is 6.54 Å². The van der Waals surface area contributed by atoms with Gasteiger partial charge in [0.1, 0.15) is 5.60 Å². The second-order valence-electron chi connectivity index (χ2n) is 8.48. The zero-order valence-corrected chi connectivity index (χ0v) is 16.4. The van der Waals surface area contributed by atoms with E-state index in [4.69, 9.17) is 5.73 Å². The van der Waals surface area contributed by atoms with E-state index in [9.17, 15) is 19.8 Å². The van der Waals surface area contributed by atoms with Gasteiger partial charge in [0.15, 0.2) is 6.10 Å². The van der Waals surface area contributed by atoms with E-state index in [0.29, 0.717) is 31.5 Å². The number of rotatable bonds is 6. The highest BCUT2D eigenvalue weighted by Gasteiger charge is 2.45. The Morgan fingerprint density at radius 2 is 2.07 bits per heavy atom. The van der Waals surface area contributed by atoms with E-state index in [0.717, 1.165) is 19.3 Å². The molecule has 28 heavy (non-hydrogen) atoms.